The maximum Gasteiger partial charge on any atom is 0.177 e. The summed E-state index contributed by atoms with van der Waals surface area (Å²) in [5.41, 5.74) is 0.695. The molecule has 1 aromatic carbocycles. The van der Waals surface area contributed by atoms with Crippen LogP contribution in [-0.4, -0.2) is 64.2 Å². The van der Waals surface area contributed by atoms with Gasteiger partial charge in [-0.15, -0.1) is 0 Å². The van der Waals surface area contributed by atoms with E-state index < -0.39 is 9.84 Å². The number of anilines is 2. The number of pyridine rings is 1. The Morgan fingerprint density at radius 3 is 2.43 bits per heavy atom. The molecular formula is C19H22FN3O4S. The van der Waals surface area contributed by atoms with E-state index in [4.69, 9.17) is 9.47 Å². The molecule has 28 heavy (non-hydrogen) atoms. The first-order valence-corrected chi connectivity index (χ1v) is 10.9. The van der Waals surface area contributed by atoms with E-state index in [1.165, 1.54) is 18.3 Å². The number of rotatable bonds is 4. The van der Waals surface area contributed by atoms with Crippen molar-refractivity contribution in [2.24, 2.45) is 0 Å². The number of halogens is 1. The van der Waals surface area contributed by atoms with Gasteiger partial charge in [0.2, 0.25) is 0 Å². The van der Waals surface area contributed by atoms with Crippen molar-refractivity contribution >= 4 is 21.3 Å². The first kappa shape index (κ1) is 19.1. The number of benzene rings is 1. The van der Waals surface area contributed by atoms with Crippen LogP contribution in [0, 0.1) is 5.82 Å². The number of ether oxygens (including phenoxy) is 2. The van der Waals surface area contributed by atoms with Crippen LogP contribution in [0.3, 0.4) is 0 Å². The molecule has 0 bridgehead atoms. The normalized spacial score (nSPS) is 23.3. The SMILES string of the molecule is CS(=O)(=O)c1ccc(N2C[C@@H]3OCC(Nc4cccc(F)c4)CO[C@H]3C2)nc1. The van der Waals surface area contributed by atoms with Crippen molar-refractivity contribution in [1.82, 2.24) is 4.98 Å². The quantitative estimate of drug-likeness (QED) is 0.826. The molecule has 0 aliphatic carbocycles. The molecule has 2 aliphatic rings. The summed E-state index contributed by atoms with van der Waals surface area (Å²) in [6, 6.07) is 9.52. The number of aromatic nitrogens is 1. The van der Waals surface area contributed by atoms with Gasteiger partial charge in [0.15, 0.2) is 9.84 Å². The molecule has 2 saturated heterocycles. The molecule has 2 aliphatic heterocycles. The number of nitrogens with one attached hydrogen (secondary N) is 1. The summed E-state index contributed by atoms with van der Waals surface area (Å²) in [5, 5.41) is 3.24. The maximum absolute atomic E-state index is 13.3. The summed E-state index contributed by atoms with van der Waals surface area (Å²) in [6.45, 7) is 2.13. The first-order valence-electron chi connectivity index (χ1n) is 9.05. The van der Waals surface area contributed by atoms with E-state index in [0.29, 0.717) is 37.8 Å². The lowest BCUT2D eigenvalue weighted by Gasteiger charge is -2.20. The Balaban J connectivity index is 1.36. The monoisotopic (exact) mass is 407 g/mol. The van der Waals surface area contributed by atoms with Crippen molar-refractivity contribution < 1.29 is 22.3 Å². The molecule has 4 rings (SSSR count). The Bertz CT molecular complexity index is 922. The third-order valence-corrected chi connectivity index (χ3v) is 6.00. The molecular weight excluding hydrogens is 385 g/mol. The average molecular weight is 407 g/mol. The zero-order chi connectivity index (χ0) is 19.7. The van der Waals surface area contributed by atoms with Crippen molar-refractivity contribution in [1.29, 1.82) is 0 Å². The molecule has 1 N–H and O–H groups in total. The van der Waals surface area contributed by atoms with Crippen LogP contribution in [-0.2, 0) is 19.3 Å². The molecule has 2 fully saturated rings. The smallest absolute Gasteiger partial charge is 0.177 e. The van der Waals surface area contributed by atoms with E-state index in [2.05, 4.69) is 10.3 Å². The van der Waals surface area contributed by atoms with E-state index in [1.807, 2.05) is 11.0 Å². The van der Waals surface area contributed by atoms with Gasteiger partial charge >= 0.3 is 0 Å². The molecule has 3 heterocycles. The Kier molecular flexibility index (Phi) is 5.22. The second kappa shape index (κ2) is 7.65. The third-order valence-electron chi connectivity index (χ3n) is 4.91. The van der Waals surface area contributed by atoms with Gasteiger partial charge in [-0.1, -0.05) is 6.07 Å². The van der Waals surface area contributed by atoms with E-state index >= 15 is 0 Å². The molecule has 7 nitrogen and oxygen atoms in total. The minimum atomic E-state index is -3.26. The fraction of sp³-hybridized carbons (Fsp3) is 0.421. The van der Waals surface area contributed by atoms with Gasteiger partial charge in [-0.2, -0.15) is 0 Å². The number of sulfone groups is 1. The lowest BCUT2D eigenvalue weighted by Crippen LogP contribution is -2.31. The fourth-order valence-corrected chi connectivity index (χ4v) is 4.01. The second-order valence-corrected chi connectivity index (χ2v) is 9.14. The molecule has 150 valence electrons. The van der Waals surface area contributed by atoms with Crippen LogP contribution in [0.5, 0.6) is 0 Å². The van der Waals surface area contributed by atoms with Crippen molar-refractivity contribution in [2.75, 3.05) is 42.8 Å². The fourth-order valence-electron chi connectivity index (χ4n) is 3.46. The number of nitrogens with zero attached hydrogens (tertiary/aromatic N) is 2. The molecule has 0 spiro atoms. The summed E-state index contributed by atoms with van der Waals surface area (Å²) >= 11 is 0. The van der Waals surface area contributed by atoms with E-state index in [9.17, 15) is 12.8 Å². The summed E-state index contributed by atoms with van der Waals surface area (Å²) in [5.74, 6) is 0.407. The summed E-state index contributed by atoms with van der Waals surface area (Å²) in [4.78, 5) is 6.50. The van der Waals surface area contributed by atoms with E-state index in [1.54, 1.807) is 18.2 Å². The van der Waals surface area contributed by atoms with Gasteiger partial charge in [0.25, 0.3) is 0 Å². The predicted octanol–water partition coefficient (Wildman–Crippen LogP) is 1.71. The highest BCUT2D eigenvalue weighted by Crippen LogP contribution is 2.25. The van der Waals surface area contributed by atoms with Crippen LogP contribution in [0.2, 0.25) is 0 Å². The molecule has 2 atom stereocenters. The lowest BCUT2D eigenvalue weighted by atomic mass is 10.2. The first-order chi connectivity index (χ1) is 13.4. The number of hydrogen-bond donors (Lipinski definition) is 1. The molecule has 0 amide bonds. The Morgan fingerprint density at radius 2 is 1.86 bits per heavy atom. The minimum Gasteiger partial charge on any atom is -0.378 e. The molecule has 0 radical (unpaired) electrons. The average Bonchev–Trinajstić information content (AvgIpc) is 2.98. The maximum atomic E-state index is 13.3. The Hall–Kier alpha value is -2.23. The molecule has 1 aromatic heterocycles. The Morgan fingerprint density at radius 1 is 1.14 bits per heavy atom. The van der Waals surface area contributed by atoms with Crippen LogP contribution in [0.15, 0.2) is 47.5 Å². The zero-order valence-corrected chi connectivity index (χ0v) is 16.2. The minimum absolute atomic E-state index is 0.0620. The zero-order valence-electron chi connectivity index (χ0n) is 15.4. The van der Waals surface area contributed by atoms with Gasteiger partial charge < -0.3 is 19.7 Å². The van der Waals surface area contributed by atoms with Crippen molar-refractivity contribution in [3.05, 3.63) is 48.4 Å². The van der Waals surface area contributed by atoms with Crippen LogP contribution in [0.1, 0.15) is 0 Å². The molecule has 0 unspecified atom stereocenters. The lowest BCUT2D eigenvalue weighted by molar-refractivity contribution is -0.00461. The largest absolute Gasteiger partial charge is 0.378 e. The second-order valence-electron chi connectivity index (χ2n) is 7.12. The highest BCUT2D eigenvalue weighted by atomic mass is 32.2. The Labute approximate surface area is 163 Å². The van der Waals surface area contributed by atoms with E-state index in [-0.39, 0.29) is 29.0 Å². The standard InChI is InChI=1S/C19H22FN3O4S/c1-28(24,25)16-5-6-19(21-8-16)23-9-17-18(10-23)27-12-15(11-26-17)22-14-4-2-3-13(20)7-14/h2-8,15,17-18,22H,9-12H2,1H3/t17-,18-/m0/s1. The summed E-state index contributed by atoms with van der Waals surface area (Å²) in [7, 11) is -3.26. The predicted molar refractivity (Wildman–Crippen MR) is 103 cm³/mol. The highest BCUT2D eigenvalue weighted by Gasteiger charge is 2.38. The third kappa shape index (κ3) is 4.26. The summed E-state index contributed by atoms with van der Waals surface area (Å²) < 4.78 is 48.5. The van der Waals surface area contributed by atoms with Crippen molar-refractivity contribution in [3.63, 3.8) is 0 Å². The van der Waals surface area contributed by atoms with Gasteiger partial charge in [0, 0.05) is 31.2 Å². The van der Waals surface area contributed by atoms with Gasteiger partial charge in [-0.05, 0) is 30.3 Å². The van der Waals surface area contributed by atoms with Gasteiger partial charge in [-0.3, -0.25) is 0 Å². The van der Waals surface area contributed by atoms with Crippen LogP contribution in [0.25, 0.3) is 0 Å². The van der Waals surface area contributed by atoms with Gasteiger partial charge in [-0.25, -0.2) is 17.8 Å². The van der Waals surface area contributed by atoms with Crippen LogP contribution in [0.4, 0.5) is 15.9 Å². The number of fused-ring (bicyclic) bond motifs is 1. The highest BCUT2D eigenvalue weighted by molar-refractivity contribution is 7.90. The summed E-state index contributed by atoms with van der Waals surface area (Å²) in [6.07, 6.45) is 2.33. The van der Waals surface area contributed by atoms with Crippen LogP contribution < -0.4 is 10.2 Å². The van der Waals surface area contributed by atoms with Crippen LogP contribution >= 0.6 is 0 Å². The van der Waals surface area contributed by atoms with E-state index in [0.717, 1.165) is 6.26 Å². The molecule has 2 aromatic rings. The van der Waals surface area contributed by atoms with Gasteiger partial charge in [0.05, 0.1) is 24.2 Å². The van der Waals surface area contributed by atoms with Gasteiger partial charge in [0.1, 0.15) is 23.8 Å². The topological polar surface area (TPSA) is 80.8 Å². The molecule has 0 saturated carbocycles. The van der Waals surface area contributed by atoms with Crippen molar-refractivity contribution in [3.8, 4) is 0 Å². The van der Waals surface area contributed by atoms with Crippen molar-refractivity contribution in [2.45, 2.75) is 23.1 Å². The molecule has 9 heteroatoms. The number of hydrogen-bond acceptors (Lipinski definition) is 7.